The van der Waals surface area contributed by atoms with E-state index in [1.54, 1.807) is 0 Å². The number of nitrogens with zero attached hydrogens (tertiary/aromatic N) is 1. The van der Waals surface area contributed by atoms with E-state index < -0.39 is 0 Å². The fraction of sp³-hybridized carbons (Fsp3) is 0.840. The second-order valence-corrected chi connectivity index (χ2v) is 10.7. The van der Waals surface area contributed by atoms with Gasteiger partial charge in [-0.15, -0.1) is 0 Å². The van der Waals surface area contributed by atoms with Crippen molar-refractivity contribution in [3.8, 4) is 6.07 Å². The average molecular weight is 368 g/mol. The molecule has 0 aromatic carbocycles. The van der Waals surface area contributed by atoms with Gasteiger partial charge in [0.05, 0.1) is 6.07 Å². The maximum Gasteiger partial charge on any atom is 0.155 e. The third kappa shape index (κ3) is 3.01. The quantitative estimate of drug-likeness (QED) is 0.535. The Bertz CT molecular complexity index is 672. The van der Waals surface area contributed by atoms with E-state index in [0.717, 1.165) is 48.9 Å². The van der Waals surface area contributed by atoms with Gasteiger partial charge in [-0.05, 0) is 104 Å². The van der Waals surface area contributed by atoms with Crippen molar-refractivity contribution in [3.05, 3.63) is 11.6 Å². The maximum atomic E-state index is 12.0. The number of fused-ring (bicyclic) bond motifs is 5. The summed E-state index contributed by atoms with van der Waals surface area (Å²) in [6.07, 6.45) is 14.9. The molecule has 0 bridgehead atoms. The fourth-order valence-corrected chi connectivity index (χ4v) is 8.24. The van der Waals surface area contributed by atoms with Crippen molar-refractivity contribution in [3.63, 3.8) is 0 Å². The second kappa shape index (κ2) is 7.06. The summed E-state index contributed by atoms with van der Waals surface area (Å²) in [5, 5.41) is 8.87. The molecule has 4 aliphatic rings. The Labute approximate surface area is 165 Å². The molecule has 2 nitrogen and oxygen atoms in total. The number of rotatable bonds is 4. The van der Waals surface area contributed by atoms with Crippen molar-refractivity contribution in [2.45, 2.75) is 91.4 Å². The van der Waals surface area contributed by atoms with Gasteiger partial charge in [0, 0.05) is 12.8 Å². The smallest absolute Gasteiger partial charge is 0.155 e. The largest absolute Gasteiger partial charge is 0.295 e. The van der Waals surface area contributed by atoms with Crippen LogP contribution in [-0.2, 0) is 4.79 Å². The molecule has 0 spiro atoms. The number of hydrogen-bond donors (Lipinski definition) is 0. The van der Waals surface area contributed by atoms with E-state index in [1.165, 1.54) is 50.5 Å². The highest BCUT2D eigenvalue weighted by Gasteiger charge is 2.59. The molecule has 148 valence electrons. The van der Waals surface area contributed by atoms with Crippen LogP contribution in [0.4, 0.5) is 0 Å². The first kappa shape index (κ1) is 19.2. The number of unbranched alkanes of at least 4 members (excludes halogenated alkanes) is 1. The highest BCUT2D eigenvalue weighted by molar-refractivity contribution is 5.91. The summed E-state index contributed by atoms with van der Waals surface area (Å²) in [7, 11) is 0. The minimum atomic E-state index is 0.300. The molecule has 0 amide bonds. The molecule has 0 saturated heterocycles. The predicted molar refractivity (Wildman–Crippen MR) is 109 cm³/mol. The van der Waals surface area contributed by atoms with Crippen molar-refractivity contribution in [1.29, 1.82) is 5.26 Å². The van der Waals surface area contributed by atoms with Gasteiger partial charge in [-0.3, -0.25) is 4.79 Å². The molecule has 0 aromatic heterocycles. The van der Waals surface area contributed by atoms with E-state index in [0.29, 0.717) is 23.0 Å². The SMILES string of the molecule is C[C@H](CCCC#N)[C@H]1CC[C@H]2[C@@H]3CCC4=CC(=O)CC[C@]4(C)[C@H]3CC[C@]12C. The Balaban J connectivity index is 1.53. The Morgan fingerprint density at radius 1 is 1.15 bits per heavy atom. The van der Waals surface area contributed by atoms with Crippen molar-refractivity contribution in [2.24, 2.45) is 40.4 Å². The molecule has 0 aromatic rings. The molecule has 7 atom stereocenters. The van der Waals surface area contributed by atoms with Crippen LogP contribution in [0.5, 0.6) is 0 Å². The van der Waals surface area contributed by atoms with Crippen molar-refractivity contribution in [1.82, 2.24) is 0 Å². The monoisotopic (exact) mass is 367 g/mol. The summed E-state index contributed by atoms with van der Waals surface area (Å²) < 4.78 is 0. The third-order valence-electron chi connectivity index (χ3n) is 9.67. The standard InChI is InChI=1S/C25H37NO/c1-17(6-4-5-15-26)21-9-10-22-20-8-7-18-16-19(27)11-13-24(18,2)23(20)12-14-25(21,22)3/h16-17,20-23H,4-14H2,1-3H3/t17-,20+,21-,22+,23+,24+,25-/m1/s1. The van der Waals surface area contributed by atoms with Crippen LogP contribution in [0, 0.1) is 51.8 Å². The van der Waals surface area contributed by atoms with E-state index in [1.807, 2.05) is 6.08 Å². The summed E-state index contributed by atoms with van der Waals surface area (Å²) >= 11 is 0. The molecule has 27 heavy (non-hydrogen) atoms. The van der Waals surface area contributed by atoms with Crippen molar-refractivity contribution < 1.29 is 4.79 Å². The molecule has 0 aliphatic heterocycles. The predicted octanol–water partition coefficient (Wildman–Crippen LogP) is 6.46. The Kier molecular flexibility index (Phi) is 5.02. The third-order valence-corrected chi connectivity index (χ3v) is 9.67. The van der Waals surface area contributed by atoms with E-state index in [-0.39, 0.29) is 0 Å². The van der Waals surface area contributed by atoms with Crippen LogP contribution in [0.3, 0.4) is 0 Å². The first-order valence-corrected chi connectivity index (χ1v) is 11.5. The molecule has 4 rings (SSSR count). The molecule has 3 saturated carbocycles. The number of carbonyl (C=O) groups excluding carboxylic acids is 1. The van der Waals surface area contributed by atoms with Gasteiger partial charge in [0.1, 0.15) is 0 Å². The summed E-state index contributed by atoms with van der Waals surface area (Å²) in [5.41, 5.74) is 2.30. The number of ketones is 1. The van der Waals surface area contributed by atoms with E-state index in [9.17, 15) is 4.79 Å². The van der Waals surface area contributed by atoms with Gasteiger partial charge in [-0.1, -0.05) is 26.3 Å². The van der Waals surface area contributed by atoms with Crippen molar-refractivity contribution in [2.75, 3.05) is 0 Å². The molecule has 0 unspecified atom stereocenters. The number of nitriles is 1. The maximum absolute atomic E-state index is 12.0. The van der Waals surface area contributed by atoms with Gasteiger partial charge < -0.3 is 0 Å². The molecule has 0 radical (unpaired) electrons. The molecular formula is C25H37NO. The zero-order valence-corrected chi connectivity index (χ0v) is 17.6. The molecule has 2 heteroatoms. The summed E-state index contributed by atoms with van der Waals surface area (Å²) in [6.45, 7) is 7.56. The van der Waals surface area contributed by atoms with Crippen LogP contribution in [0.1, 0.15) is 91.4 Å². The first-order valence-electron chi connectivity index (χ1n) is 11.5. The van der Waals surface area contributed by atoms with E-state index >= 15 is 0 Å². The first-order chi connectivity index (χ1) is 12.9. The minimum absolute atomic E-state index is 0.300. The summed E-state index contributed by atoms with van der Waals surface area (Å²) in [6, 6.07) is 2.32. The molecular weight excluding hydrogens is 330 g/mol. The lowest BCUT2D eigenvalue weighted by Crippen LogP contribution is -2.50. The lowest BCUT2D eigenvalue weighted by Gasteiger charge is -2.58. The Morgan fingerprint density at radius 3 is 2.74 bits per heavy atom. The lowest BCUT2D eigenvalue weighted by atomic mass is 9.46. The van der Waals surface area contributed by atoms with Crippen LogP contribution in [0.2, 0.25) is 0 Å². The Morgan fingerprint density at radius 2 is 1.96 bits per heavy atom. The van der Waals surface area contributed by atoms with Gasteiger partial charge in [0.2, 0.25) is 0 Å². The van der Waals surface area contributed by atoms with Crippen LogP contribution in [0.25, 0.3) is 0 Å². The number of allylic oxidation sites excluding steroid dienone is 1. The molecule has 0 heterocycles. The van der Waals surface area contributed by atoms with Gasteiger partial charge in [0.15, 0.2) is 5.78 Å². The highest BCUT2D eigenvalue weighted by Crippen LogP contribution is 2.67. The van der Waals surface area contributed by atoms with Crippen LogP contribution < -0.4 is 0 Å². The van der Waals surface area contributed by atoms with Crippen LogP contribution in [0.15, 0.2) is 11.6 Å². The number of hydrogen-bond acceptors (Lipinski definition) is 2. The van der Waals surface area contributed by atoms with E-state index in [2.05, 4.69) is 26.8 Å². The van der Waals surface area contributed by atoms with Gasteiger partial charge in [-0.25, -0.2) is 0 Å². The van der Waals surface area contributed by atoms with Gasteiger partial charge >= 0.3 is 0 Å². The van der Waals surface area contributed by atoms with Gasteiger partial charge in [-0.2, -0.15) is 5.26 Å². The van der Waals surface area contributed by atoms with Crippen LogP contribution in [-0.4, -0.2) is 5.78 Å². The lowest BCUT2D eigenvalue weighted by molar-refractivity contribution is -0.117. The topological polar surface area (TPSA) is 40.9 Å². The second-order valence-electron chi connectivity index (χ2n) is 10.7. The molecule has 4 aliphatic carbocycles. The average Bonchev–Trinajstić information content (AvgIpc) is 3.00. The summed E-state index contributed by atoms with van der Waals surface area (Å²) in [5.74, 6) is 4.53. The zero-order chi connectivity index (χ0) is 19.2. The minimum Gasteiger partial charge on any atom is -0.295 e. The molecule has 3 fully saturated rings. The van der Waals surface area contributed by atoms with Crippen molar-refractivity contribution >= 4 is 5.78 Å². The molecule has 0 N–H and O–H groups in total. The van der Waals surface area contributed by atoms with E-state index in [4.69, 9.17) is 5.26 Å². The van der Waals surface area contributed by atoms with Crippen LogP contribution >= 0.6 is 0 Å². The normalized spacial score (nSPS) is 44.5. The number of carbonyl (C=O) groups is 1. The summed E-state index contributed by atoms with van der Waals surface area (Å²) in [4.78, 5) is 12.0. The zero-order valence-electron chi connectivity index (χ0n) is 17.6. The van der Waals surface area contributed by atoms with Gasteiger partial charge in [0.25, 0.3) is 0 Å². The Hall–Kier alpha value is -1.10. The highest BCUT2D eigenvalue weighted by atomic mass is 16.1. The fourth-order valence-electron chi connectivity index (χ4n) is 8.24.